The topological polar surface area (TPSA) is 9.23 Å². The number of alkyl halides is 3. The highest BCUT2D eigenvalue weighted by Gasteiger charge is 2.14. The summed E-state index contributed by atoms with van der Waals surface area (Å²) in [6.07, 6.45) is -2.73. The molecule has 0 saturated heterocycles. The molecular formula is C11H13BrF2O. The molecule has 1 aromatic rings. The van der Waals surface area contributed by atoms with E-state index in [-0.39, 0.29) is 6.10 Å². The Kier molecular flexibility index (Phi) is 5.19. The quantitative estimate of drug-likeness (QED) is 0.746. The highest BCUT2D eigenvalue weighted by atomic mass is 79.9. The maximum atomic E-state index is 12.0. The summed E-state index contributed by atoms with van der Waals surface area (Å²) in [7, 11) is 0. The first kappa shape index (κ1) is 12.6. The molecule has 4 heteroatoms. The van der Waals surface area contributed by atoms with Crippen molar-refractivity contribution in [1.82, 2.24) is 0 Å². The van der Waals surface area contributed by atoms with Crippen molar-refractivity contribution in [2.45, 2.75) is 19.5 Å². The second-order valence-electron chi connectivity index (χ2n) is 3.22. The second-order valence-corrected chi connectivity index (χ2v) is 3.87. The third-order valence-corrected chi connectivity index (χ3v) is 2.69. The molecule has 0 amide bonds. The van der Waals surface area contributed by atoms with Gasteiger partial charge in [0.1, 0.15) is 6.61 Å². The molecule has 1 rings (SSSR count). The Labute approximate surface area is 96.6 Å². The first-order chi connectivity index (χ1) is 7.15. The summed E-state index contributed by atoms with van der Waals surface area (Å²) >= 11 is 3.27. The number of hydrogen-bond donors (Lipinski definition) is 0. The van der Waals surface area contributed by atoms with Crippen molar-refractivity contribution >= 4 is 15.9 Å². The van der Waals surface area contributed by atoms with Crippen LogP contribution in [-0.2, 0) is 4.74 Å². The van der Waals surface area contributed by atoms with Gasteiger partial charge in [-0.1, -0.05) is 40.2 Å². The molecular weight excluding hydrogens is 266 g/mol. The van der Waals surface area contributed by atoms with E-state index in [1.54, 1.807) is 0 Å². The molecule has 0 radical (unpaired) electrons. The van der Waals surface area contributed by atoms with E-state index in [0.717, 1.165) is 11.1 Å². The summed E-state index contributed by atoms with van der Waals surface area (Å²) in [6, 6.07) is 7.63. The summed E-state index contributed by atoms with van der Waals surface area (Å²) in [6.45, 7) is 1.42. The van der Waals surface area contributed by atoms with Crippen molar-refractivity contribution < 1.29 is 13.5 Å². The second kappa shape index (κ2) is 6.18. The van der Waals surface area contributed by atoms with Crippen molar-refractivity contribution in [2.75, 3.05) is 11.9 Å². The fraction of sp³-hybridized carbons (Fsp3) is 0.455. The third kappa shape index (κ3) is 3.87. The van der Waals surface area contributed by atoms with Gasteiger partial charge in [-0.15, -0.1) is 0 Å². The molecule has 0 aliphatic rings. The molecule has 0 fully saturated rings. The highest BCUT2D eigenvalue weighted by molar-refractivity contribution is 9.09. The van der Waals surface area contributed by atoms with Crippen LogP contribution in [0.1, 0.15) is 17.2 Å². The van der Waals surface area contributed by atoms with Gasteiger partial charge in [-0.05, 0) is 18.1 Å². The first-order valence-electron chi connectivity index (χ1n) is 4.66. The third-order valence-electron chi connectivity index (χ3n) is 2.10. The van der Waals surface area contributed by atoms with Crippen LogP contribution in [0.2, 0.25) is 0 Å². The predicted octanol–water partition coefficient (Wildman–Crippen LogP) is 3.71. The average Bonchev–Trinajstić information content (AvgIpc) is 2.21. The van der Waals surface area contributed by atoms with Gasteiger partial charge in [0.2, 0.25) is 0 Å². The van der Waals surface area contributed by atoms with Gasteiger partial charge in [0, 0.05) is 5.33 Å². The fourth-order valence-electron chi connectivity index (χ4n) is 1.35. The standard InChI is InChI=1S/C11H13BrF2O/c1-8-4-2-3-5-9(8)10(6-12)15-7-11(13)14/h2-5,10-11H,6-7H2,1H3. The van der Waals surface area contributed by atoms with E-state index in [1.807, 2.05) is 31.2 Å². The zero-order valence-corrected chi connectivity index (χ0v) is 10.0. The minimum absolute atomic E-state index is 0.305. The summed E-state index contributed by atoms with van der Waals surface area (Å²) in [5, 5.41) is 0.518. The fourth-order valence-corrected chi connectivity index (χ4v) is 1.89. The van der Waals surface area contributed by atoms with Crippen LogP contribution >= 0.6 is 15.9 Å². The maximum Gasteiger partial charge on any atom is 0.261 e. The molecule has 15 heavy (non-hydrogen) atoms. The summed E-state index contributed by atoms with van der Waals surface area (Å²) in [5.41, 5.74) is 2.01. The van der Waals surface area contributed by atoms with Crippen LogP contribution in [0.25, 0.3) is 0 Å². The van der Waals surface area contributed by atoms with Crippen molar-refractivity contribution in [3.05, 3.63) is 35.4 Å². The molecule has 0 aliphatic carbocycles. The number of ether oxygens (including phenoxy) is 1. The van der Waals surface area contributed by atoms with E-state index in [1.165, 1.54) is 0 Å². The van der Waals surface area contributed by atoms with Crippen LogP contribution in [-0.4, -0.2) is 18.4 Å². The lowest BCUT2D eigenvalue weighted by Gasteiger charge is -2.17. The highest BCUT2D eigenvalue weighted by Crippen LogP contribution is 2.23. The number of rotatable bonds is 5. The number of benzene rings is 1. The largest absolute Gasteiger partial charge is 0.367 e. The number of hydrogen-bond acceptors (Lipinski definition) is 1. The van der Waals surface area contributed by atoms with Crippen molar-refractivity contribution in [1.29, 1.82) is 0 Å². The van der Waals surface area contributed by atoms with Gasteiger partial charge < -0.3 is 4.74 Å². The summed E-state index contributed by atoms with van der Waals surface area (Å²) in [4.78, 5) is 0. The molecule has 1 atom stereocenters. The molecule has 0 saturated carbocycles. The van der Waals surface area contributed by atoms with Gasteiger partial charge in [-0.3, -0.25) is 0 Å². The Morgan fingerprint density at radius 2 is 2.00 bits per heavy atom. The number of aryl methyl sites for hydroxylation is 1. The predicted molar refractivity (Wildman–Crippen MR) is 59.7 cm³/mol. The van der Waals surface area contributed by atoms with Crippen LogP contribution in [0, 0.1) is 6.92 Å². The molecule has 84 valence electrons. The Morgan fingerprint density at radius 1 is 1.33 bits per heavy atom. The molecule has 1 nitrogen and oxygen atoms in total. The molecule has 0 spiro atoms. The molecule has 0 aromatic heterocycles. The summed E-state index contributed by atoms with van der Waals surface area (Å²) in [5.74, 6) is 0. The molecule has 0 bridgehead atoms. The van der Waals surface area contributed by atoms with E-state index in [4.69, 9.17) is 4.74 Å². The van der Waals surface area contributed by atoms with Gasteiger partial charge >= 0.3 is 0 Å². The molecule has 0 aliphatic heterocycles. The Morgan fingerprint density at radius 3 is 2.53 bits per heavy atom. The van der Waals surface area contributed by atoms with Gasteiger partial charge in [-0.25, -0.2) is 8.78 Å². The van der Waals surface area contributed by atoms with E-state index in [0.29, 0.717) is 5.33 Å². The Balaban J connectivity index is 2.70. The Bertz CT molecular complexity index is 304. The van der Waals surface area contributed by atoms with E-state index < -0.39 is 13.0 Å². The molecule has 1 aromatic carbocycles. The van der Waals surface area contributed by atoms with Gasteiger partial charge in [-0.2, -0.15) is 0 Å². The monoisotopic (exact) mass is 278 g/mol. The Hall–Kier alpha value is -0.480. The van der Waals surface area contributed by atoms with Crippen molar-refractivity contribution in [3.8, 4) is 0 Å². The van der Waals surface area contributed by atoms with Crippen LogP contribution in [0.4, 0.5) is 8.78 Å². The lowest BCUT2D eigenvalue weighted by Crippen LogP contribution is -2.12. The van der Waals surface area contributed by atoms with E-state index in [9.17, 15) is 8.78 Å². The van der Waals surface area contributed by atoms with Crippen LogP contribution in [0.15, 0.2) is 24.3 Å². The first-order valence-corrected chi connectivity index (χ1v) is 5.78. The zero-order chi connectivity index (χ0) is 11.3. The average molecular weight is 279 g/mol. The van der Waals surface area contributed by atoms with Crippen LogP contribution in [0.5, 0.6) is 0 Å². The van der Waals surface area contributed by atoms with Gasteiger partial charge in [0.05, 0.1) is 6.10 Å². The lowest BCUT2D eigenvalue weighted by molar-refractivity contribution is -0.0161. The SMILES string of the molecule is Cc1ccccc1C(CBr)OCC(F)F. The number of halogens is 3. The minimum atomic E-state index is -2.42. The van der Waals surface area contributed by atoms with Gasteiger partial charge in [0.15, 0.2) is 0 Å². The van der Waals surface area contributed by atoms with Crippen LogP contribution in [0.3, 0.4) is 0 Å². The minimum Gasteiger partial charge on any atom is -0.367 e. The van der Waals surface area contributed by atoms with Gasteiger partial charge in [0.25, 0.3) is 6.43 Å². The molecule has 0 N–H and O–H groups in total. The van der Waals surface area contributed by atoms with Crippen LogP contribution < -0.4 is 0 Å². The zero-order valence-electron chi connectivity index (χ0n) is 8.42. The summed E-state index contributed by atoms with van der Waals surface area (Å²) < 4.78 is 29.1. The van der Waals surface area contributed by atoms with E-state index in [2.05, 4.69) is 15.9 Å². The van der Waals surface area contributed by atoms with E-state index >= 15 is 0 Å². The van der Waals surface area contributed by atoms with Crippen molar-refractivity contribution in [2.24, 2.45) is 0 Å². The normalized spacial score (nSPS) is 13.1. The maximum absolute atomic E-state index is 12.0. The molecule has 0 heterocycles. The lowest BCUT2D eigenvalue weighted by atomic mass is 10.0. The smallest absolute Gasteiger partial charge is 0.261 e. The van der Waals surface area contributed by atoms with Crippen molar-refractivity contribution in [3.63, 3.8) is 0 Å². The molecule has 1 unspecified atom stereocenters.